The van der Waals surface area contributed by atoms with Crippen LogP contribution in [0.4, 0.5) is 5.69 Å². The number of carbonyl (C=O) groups excluding carboxylic acids is 1. The highest BCUT2D eigenvalue weighted by Crippen LogP contribution is 2.21. The van der Waals surface area contributed by atoms with Crippen LogP contribution in [0.1, 0.15) is 35.7 Å². The predicted molar refractivity (Wildman–Crippen MR) is 71.8 cm³/mol. The minimum absolute atomic E-state index is 0.287. The average Bonchev–Trinajstić information content (AvgIpc) is 2.73. The lowest BCUT2D eigenvalue weighted by molar-refractivity contribution is 0.0637. The molecule has 0 bridgehead atoms. The molecule has 98 valence electrons. The van der Waals surface area contributed by atoms with Crippen LogP contribution in [0.15, 0.2) is 18.2 Å². The Balaban J connectivity index is 1.95. The third kappa shape index (κ3) is 3.01. The zero-order chi connectivity index (χ0) is 13.1. The van der Waals surface area contributed by atoms with Gasteiger partial charge >= 0.3 is 0 Å². The van der Waals surface area contributed by atoms with Crippen LogP contribution in [0.3, 0.4) is 0 Å². The second-order valence-corrected chi connectivity index (χ2v) is 4.92. The third-order valence-electron chi connectivity index (χ3n) is 3.35. The van der Waals surface area contributed by atoms with E-state index in [2.05, 4.69) is 12.2 Å². The fourth-order valence-corrected chi connectivity index (χ4v) is 2.27. The molecule has 0 saturated carbocycles. The van der Waals surface area contributed by atoms with Gasteiger partial charge in [0.25, 0.3) is 0 Å². The number of carbonyl (C=O) groups is 1. The highest BCUT2D eigenvalue weighted by atomic mass is 16.5. The van der Waals surface area contributed by atoms with Crippen molar-refractivity contribution < 1.29 is 9.53 Å². The highest BCUT2D eigenvalue weighted by molar-refractivity contribution is 5.93. The van der Waals surface area contributed by atoms with E-state index in [-0.39, 0.29) is 6.10 Å². The van der Waals surface area contributed by atoms with Crippen molar-refractivity contribution in [2.75, 3.05) is 11.9 Å². The second kappa shape index (κ2) is 5.40. The summed E-state index contributed by atoms with van der Waals surface area (Å²) in [6, 6.07) is 5.45. The SMILES string of the molecule is Cc1cc(C(N)=O)ccc1NCC1CCC(C)O1. The zero-order valence-electron chi connectivity index (χ0n) is 10.9. The van der Waals surface area contributed by atoms with Crippen molar-refractivity contribution >= 4 is 11.6 Å². The molecule has 1 saturated heterocycles. The zero-order valence-corrected chi connectivity index (χ0v) is 10.9. The Morgan fingerprint density at radius 1 is 1.50 bits per heavy atom. The Morgan fingerprint density at radius 3 is 2.83 bits per heavy atom. The first-order valence-corrected chi connectivity index (χ1v) is 6.36. The van der Waals surface area contributed by atoms with Crippen LogP contribution in [0, 0.1) is 6.92 Å². The van der Waals surface area contributed by atoms with Crippen LogP contribution in [0.25, 0.3) is 0 Å². The van der Waals surface area contributed by atoms with Crippen molar-refractivity contribution in [3.63, 3.8) is 0 Å². The number of anilines is 1. The largest absolute Gasteiger partial charge is 0.382 e. The molecule has 4 nitrogen and oxygen atoms in total. The van der Waals surface area contributed by atoms with Gasteiger partial charge in [-0.25, -0.2) is 0 Å². The number of aryl methyl sites for hydroxylation is 1. The molecule has 0 aliphatic carbocycles. The maximum absolute atomic E-state index is 11.0. The fraction of sp³-hybridized carbons (Fsp3) is 0.500. The number of benzene rings is 1. The molecule has 0 radical (unpaired) electrons. The Hall–Kier alpha value is -1.55. The van der Waals surface area contributed by atoms with E-state index >= 15 is 0 Å². The standard InChI is InChI=1S/C14H20N2O2/c1-9-7-11(14(15)17)4-6-13(9)16-8-12-5-3-10(2)18-12/h4,6-7,10,12,16H,3,5,8H2,1-2H3,(H2,15,17). The topological polar surface area (TPSA) is 64.4 Å². The Morgan fingerprint density at radius 2 is 2.28 bits per heavy atom. The Bertz CT molecular complexity index is 445. The first kappa shape index (κ1) is 12.9. The molecule has 1 aliphatic heterocycles. The molecule has 4 heteroatoms. The molecule has 1 aliphatic rings. The van der Waals surface area contributed by atoms with Crippen LogP contribution in [-0.4, -0.2) is 24.7 Å². The molecule has 1 heterocycles. The molecular weight excluding hydrogens is 228 g/mol. The smallest absolute Gasteiger partial charge is 0.248 e. The fourth-order valence-electron chi connectivity index (χ4n) is 2.27. The van der Waals surface area contributed by atoms with E-state index in [0.29, 0.717) is 11.7 Å². The van der Waals surface area contributed by atoms with E-state index in [1.807, 2.05) is 19.1 Å². The van der Waals surface area contributed by atoms with E-state index in [4.69, 9.17) is 10.5 Å². The maximum Gasteiger partial charge on any atom is 0.248 e. The van der Waals surface area contributed by atoms with Gasteiger partial charge in [0.05, 0.1) is 12.2 Å². The summed E-state index contributed by atoms with van der Waals surface area (Å²) in [5.74, 6) is -0.391. The summed E-state index contributed by atoms with van der Waals surface area (Å²) in [5.41, 5.74) is 7.84. The van der Waals surface area contributed by atoms with Crippen molar-refractivity contribution in [2.24, 2.45) is 5.73 Å². The molecule has 3 N–H and O–H groups in total. The minimum atomic E-state index is -0.391. The summed E-state index contributed by atoms with van der Waals surface area (Å²) in [6.45, 7) is 4.88. The molecule has 1 aromatic rings. The maximum atomic E-state index is 11.0. The molecular formula is C14H20N2O2. The van der Waals surface area contributed by atoms with Gasteiger partial charge < -0.3 is 15.8 Å². The molecule has 0 spiro atoms. The summed E-state index contributed by atoms with van der Waals surface area (Å²) < 4.78 is 5.75. The number of amides is 1. The van der Waals surface area contributed by atoms with Gasteiger partial charge in [-0.2, -0.15) is 0 Å². The highest BCUT2D eigenvalue weighted by Gasteiger charge is 2.21. The Labute approximate surface area is 108 Å². The number of rotatable bonds is 4. The van der Waals surface area contributed by atoms with Gasteiger partial charge in [0.15, 0.2) is 0 Å². The van der Waals surface area contributed by atoms with E-state index in [1.165, 1.54) is 0 Å². The lowest BCUT2D eigenvalue weighted by Crippen LogP contribution is -2.20. The van der Waals surface area contributed by atoms with E-state index in [0.717, 1.165) is 30.6 Å². The number of hydrogen-bond acceptors (Lipinski definition) is 3. The molecule has 18 heavy (non-hydrogen) atoms. The van der Waals surface area contributed by atoms with Crippen molar-refractivity contribution in [3.8, 4) is 0 Å². The van der Waals surface area contributed by atoms with E-state index in [9.17, 15) is 4.79 Å². The normalized spacial score (nSPS) is 23.0. The van der Waals surface area contributed by atoms with E-state index < -0.39 is 5.91 Å². The lowest BCUT2D eigenvalue weighted by Gasteiger charge is -2.15. The Kier molecular flexibility index (Phi) is 3.87. The lowest BCUT2D eigenvalue weighted by atomic mass is 10.1. The van der Waals surface area contributed by atoms with Crippen molar-refractivity contribution in [3.05, 3.63) is 29.3 Å². The van der Waals surface area contributed by atoms with Gasteiger partial charge in [-0.05, 0) is 50.5 Å². The molecule has 1 fully saturated rings. The van der Waals surface area contributed by atoms with Crippen molar-refractivity contribution in [1.29, 1.82) is 0 Å². The van der Waals surface area contributed by atoms with Crippen LogP contribution in [0.5, 0.6) is 0 Å². The summed E-state index contributed by atoms with van der Waals surface area (Å²) in [6.07, 6.45) is 2.89. The molecule has 0 aromatic heterocycles. The quantitative estimate of drug-likeness (QED) is 0.857. The molecule has 2 rings (SSSR count). The van der Waals surface area contributed by atoms with E-state index in [1.54, 1.807) is 6.07 Å². The van der Waals surface area contributed by atoms with Gasteiger partial charge in [0.2, 0.25) is 5.91 Å². The summed E-state index contributed by atoms with van der Waals surface area (Å²) in [7, 11) is 0. The minimum Gasteiger partial charge on any atom is -0.382 e. The first-order chi connectivity index (χ1) is 8.56. The van der Waals surface area contributed by atoms with Crippen LogP contribution in [-0.2, 0) is 4.74 Å². The number of nitrogens with two attached hydrogens (primary N) is 1. The van der Waals surface area contributed by atoms with Gasteiger partial charge in [-0.3, -0.25) is 4.79 Å². The number of nitrogens with one attached hydrogen (secondary N) is 1. The number of primary amides is 1. The third-order valence-corrected chi connectivity index (χ3v) is 3.35. The van der Waals surface area contributed by atoms with Gasteiger partial charge in [0.1, 0.15) is 0 Å². The number of ether oxygens (including phenoxy) is 1. The van der Waals surface area contributed by atoms with Gasteiger partial charge in [-0.15, -0.1) is 0 Å². The molecule has 2 unspecified atom stereocenters. The average molecular weight is 248 g/mol. The molecule has 1 aromatic carbocycles. The summed E-state index contributed by atoms with van der Waals surface area (Å²) >= 11 is 0. The molecule has 2 atom stereocenters. The van der Waals surface area contributed by atoms with Gasteiger partial charge in [-0.1, -0.05) is 0 Å². The van der Waals surface area contributed by atoms with Crippen LogP contribution < -0.4 is 11.1 Å². The van der Waals surface area contributed by atoms with Crippen molar-refractivity contribution in [2.45, 2.75) is 38.9 Å². The summed E-state index contributed by atoms with van der Waals surface area (Å²) in [4.78, 5) is 11.0. The van der Waals surface area contributed by atoms with Crippen molar-refractivity contribution in [1.82, 2.24) is 0 Å². The summed E-state index contributed by atoms with van der Waals surface area (Å²) in [5, 5.41) is 3.36. The monoisotopic (exact) mass is 248 g/mol. The predicted octanol–water partition coefficient (Wildman–Crippen LogP) is 2.07. The van der Waals surface area contributed by atoms with Crippen LogP contribution >= 0.6 is 0 Å². The second-order valence-electron chi connectivity index (χ2n) is 4.92. The molecule has 1 amide bonds. The number of hydrogen-bond donors (Lipinski definition) is 2. The van der Waals surface area contributed by atoms with Crippen LogP contribution in [0.2, 0.25) is 0 Å². The van der Waals surface area contributed by atoms with Gasteiger partial charge in [0, 0.05) is 17.8 Å². The first-order valence-electron chi connectivity index (χ1n) is 6.36.